The first-order valence-corrected chi connectivity index (χ1v) is 25.6. The molecule has 454 valence electrons. The number of carbonyl (C=O) groups excluding carboxylic acids is 6. The van der Waals surface area contributed by atoms with Gasteiger partial charge in [-0.2, -0.15) is 36.5 Å². The minimum atomic E-state index is -5.08. The number of carbonyl (C=O) groups is 6. The lowest BCUT2D eigenvalue weighted by Crippen LogP contribution is -2.47. The number of hydrogen-bond acceptors (Lipinski definition) is 22. The molecule has 82 heavy (non-hydrogen) atoms. The van der Waals surface area contributed by atoms with E-state index in [0.717, 1.165) is 52.3 Å². The third kappa shape index (κ3) is 16.5. The van der Waals surface area contributed by atoms with E-state index >= 15 is 0 Å². The molecule has 6 N–H and O–H groups in total. The molecule has 2 aliphatic rings. The number of esters is 4. The number of aliphatic hydroxyl groups is 2. The second-order valence-electron chi connectivity index (χ2n) is 18.1. The standard InChI is InChI=1S/C52H62Cl2F6N4O18/c1-25(2)79-47(69)39-33(23-77-21-19-75-17-15-61)63(27(5)35(45(67)73-7)37(39)29-11-9-13-31(41(29)53)51(55,56)57)81-49(71)43(65)44(66)50(72)82-64-28(6)36(46(68)74-8)38(30-12-10-14-32(42(30)54)52(58,59)60)40(48(70)80-26(3)4)34(64)24-78-22-20-76-18-16-62/h9-14,25-26,37-38,43-44,65-66H,15-24,61-62H2,1-8H3/t37-,38-,43?,44?/m0/s1. The van der Waals surface area contributed by atoms with Crippen molar-refractivity contribution in [3.05, 3.63) is 114 Å². The highest BCUT2D eigenvalue weighted by molar-refractivity contribution is 6.33. The molecule has 0 aromatic heterocycles. The summed E-state index contributed by atoms with van der Waals surface area (Å²) in [5, 5.41) is 21.9. The number of nitrogens with zero attached hydrogens (tertiary/aromatic N) is 2. The molecule has 4 atom stereocenters. The van der Waals surface area contributed by atoms with E-state index in [-0.39, 0.29) is 52.7 Å². The number of nitrogens with two attached hydrogens (primary N) is 2. The minimum absolute atomic E-state index is 0.0718. The van der Waals surface area contributed by atoms with Crippen LogP contribution in [0.5, 0.6) is 0 Å². The van der Waals surface area contributed by atoms with Crippen LogP contribution >= 0.6 is 23.2 Å². The van der Waals surface area contributed by atoms with E-state index < -0.39 is 175 Å². The zero-order valence-corrected chi connectivity index (χ0v) is 47.0. The van der Waals surface area contributed by atoms with Gasteiger partial charge in [0.25, 0.3) is 0 Å². The SMILES string of the molecule is COC(=O)C1=C(C)N(OC(=O)C(O)C(O)C(=O)ON2C(C)=C(C(=O)OC)[C@H](c3cccc(C(F)(F)F)c3Cl)C(C(=O)OC(C)C)=C2COCCOCCN)C(COCCOCCN)=C(C(=O)OC(C)C)[C@H]1c1cccc(C(F)(F)F)c1Cl. The van der Waals surface area contributed by atoms with Crippen LogP contribution in [0.4, 0.5) is 26.3 Å². The molecular weight excluding hydrogens is 1150 g/mol. The number of halogens is 8. The quantitative estimate of drug-likeness (QED) is 0.0374. The van der Waals surface area contributed by atoms with Gasteiger partial charge in [0.15, 0.2) is 12.2 Å². The highest BCUT2D eigenvalue weighted by Crippen LogP contribution is 2.50. The normalized spacial score (nSPS) is 16.9. The van der Waals surface area contributed by atoms with Gasteiger partial charge >= 0.3 is 48.2 Å². The van der Waals surface area contributed by atoms with E-state index in [2.05, 4.69) is 0 Å². The lowest BCUT2D eigenvalue weighted by atomic mass is 9.79. The van der Waals surface area contributed by atoms with Crippen molar-refractivity contribution in [3.8, 4) is 0 Å². The zero-order chi connectivity index (χ0) is 61.6. The van der Waals surface area contributed by atoms with E-state index in [1.54, 1.807) is 0 Å². The summed E-state index contributed by atoms with van der Waals surface area (Å²) in [4.78, 5) is 96.0. The first kappa shape index (κ1) is 68.2. The summed E-state index contributed by atoms with van der Waals surface area (Å²) in [6, 6.07) is 5.30. The second kappa shape index (κ2) is 30.3. The van der Waals surface area contributed by atoms with Gasteiger partial charge < -0.3 is 69.3 Å². The number of hydroxylamine groups is 4. The summed E-state index contributed by atoms with van der Waals surface area (Å²) in [7, 11) is 1.75. The van der Waals surface area contributed by atoms with Crippen LogP contribution in [-0.2, 0) is 88.7 Å². The molecule has 0 saturated heterocycles. The minimum Gasteiger partial charge on any atom is -0.466 e. The number of methoxy groups -OCH3 is 2. The average molecular weight is 1220 g/mol. The van der Waals surface area contributed by atoms with Crippen molar-refractivity contribution in [1.29, 1.82) is 0 Å². The van der Waals surface area contributed by atoms with Gasteiger partial charge in [0.05, 0.1) is 157 Å². The Kier molecular flexibility index (Phi) is 25.2. The first-order chi connectivity index (χ1) is 38.5. The smallest absolute Gasteiger partial charge is 0.417 e. The van der Waals surface area contributed by atoms with Crippen LogP contribution in [0.1, 0.15) is 75.6 Å². The van der Waals surface area contributed by atoms with E-state index in [9.17, 15) is 65.3 Å². The Morgan fingerprint density at radius 3 is 1.17 bits per heavy atom. The topological polar surface area (TPSA) is 294 Å². The van der Waals surface area contributed by atoms with Crippen LogP contribution in [0.15, 0.2) is 81.5 Å². The number of aliphatic hydroxyl groups excluding tert-OH is 2. The number of hydrogen-bond donors (Lipinski definition) is 4. The molecule has 22 nitrogen and oxygen atoms in total. The van der Waals surface area contributed by atoms with Gasteiger partial charge in [0.2, 0.25) is 0 Å². The van der Waals surface area contributed by atoms with E-state index in [1.165, 1.54) is 27.7 Å². The molecule has 0 saturated carbocycles. The number of ether oxygens (including phenoxy) is 8. The van der Waals surface area contributed by atoms with Crippen LogP contribution < -0.4 is 11.5 Å². The molecule has 30 heteroatoms. The van der Waals surface area contributed by atoms with Gasteiger partial charge in [-0.15, -0.1) is 0 Å². The number of rotatable bonds is 27. The van der Waals surface area contributed by atoms with Crippen molar-refractivity contribution in [2.75, 3.05) is 80.2 Å². The number of allylic oxidation sites excluding steroid dienone is 2. The Morgan fingerprint density at radius 2 is 0.878 bits per heavy atom. The molecule has 0 bridgehead atoms. The molecule has 0 radical (unpaired) electrons. The molecule has 2 heterocycles. The second-order valence-corrected chi connectivity index (χ2v) is 18.9. The van der Waals surface area contributed by atoms with Crippen LogP contribution in [-0.4, -0.2) is 161 Å². The molecule has 0 spiro atoms. The lowest BCUT2D eigenvalue weighted by molar-refractivity contribution is -0.206. The van der Waals surface area contributed by atoms with E-state index in [0.29, 0.717) is 22.3 Å². The Morgan fingerprint density at radius 1 is 0.549 bits per heavy atom. The molecule has 0 aliphatic carbocycles. The van der Waals surface area contributed by atoms with Crippen molar-refractivity contribution >= 4 is 59.0 Å². The molecule has 2 aromatic rings. The van der Waals surface area contributed by atoms with Gasteiger partial charge in [-0.05, 0) is 64.8 Å². The molecule has 0 fully saturated rings. The van der Waals surface area contributed by atoms with Crippen LogP contribution in [0, 0.1) is 0 Å². The molecule has 2 aliphatic heterocycles. The average Bonchev–Trinajstić information content (AvgIpc) is 2.70. The van der Waals surface area contributed by atoms with Gasteiger partial charge in [-0.1, -0.05) is 47.5 Å². The summed E-state index contributed by atoms with van der Waals surface area (Å²) < 4.78 is 130. The first-order valence-electron chi connectivity index (χ1n) is 24.8. The van der Waals surface area contributed by atoms with Crippen molar-refractivity contribution in [1.82, 2.24) is 10.1 Å². The number of benzene rings is 2. The monoisotopic (exact) mass is 1210 g/mol. The maximum atomic E-state index is 14.4. The summed E-state index contributed by atoms with van der Waals surface area (Å²) >= 11 is 12.9. The Balaban J connectivity index is 1.94. The molecular formula is C52H62Cl2F6N4O18. The zero-order valence-electron chi connectivity index (χ0n) is 45.5. The Labute approximate surface area is 476 Å². The lowest BCUT2D eigenvalue weighted by Gasteiger charge is -2.38. The predicted octanol–water partition coefficient (Wildman–Crippen LogP) is 5.46. The molecule has 2 unspecified atom stereocenters. The third-order valence-electron chi connectivity index (χ3n) is 11.8. The van der Waals surface area contributed by atoms with E-state index in [4.69, 9.17) is 82.2 Å². The van der Waals surface area contributed by atoms with Gasteiger partial charge in [0.1, 0.15) is 0 Å². The fourth-order valence-electron chi connectivity index (χ4n) is 8.27. The largest absolute Gasteiger partial charge is 0.466 e. The van der Waals surface area contributed by atoms with Gasteiger partial charge in [0, 0.05) is 13.1 Å². The van der Waals surface area contributed by atoms with E-state index in [1.807, 2.05) is 0 Å². The summed E-state index contributed by atoms with van der Waals surface area (Å²) in [6.45, 7) is 5.63. The molecule has 0 amide bonds. The van der Waals surface area contributed by atoms with Gasteiger partial charge in [-0.3, -0.25) is 0 Å². The maximum absolute atomic E-state index is 14.4. The van der Waals surface area contributed by atoms with Crippen molar-refractivity contribution < 1.29 is 113 Å². The highest BCUT2D eigenvalue weighted by Gasteiger charge is 2.49. The van der Waals surface area contributed by atoms with Crippen LogP contribution in [0.25, 0.3) is 0 Å². The fraction of sp³-hybridized carbons (Fsp3) is 0.500. The summed E-state index contributed by atoms with van der Waals surface area (Å²) in [6.07, 6.45) is -18.2. The number of alkyl halides is 6. The van der Waals surface area contributed by atoms with Crippen molar-refractivity contribution in [2.24, 2.45) is 11.5 Å². The maximum Gasteiger partial charge on any atom is 0.417 e. The molecule has 4 rings (SSSR count). The van der Waals surface area contributed by atoms with Crippen molar-refractivity contribution in [2.45, 2.75) is 90.1 Å². The third-order valence-corrected chi connectivity index (χ3v) is 12.6. The molecule has 2 aromatic carbocycles. The summed E-state index contributed by atoms with van der Waals surface area (Å²) in [5.41, 5.74) is 2.23. The van der Waals surface area contributed by atoms with Gasteiger partial charge in [-0.25, -0.2) is 28.8 Å². The summed E-state index contributed by atoms with van der Waals surface area (Å²) in [5.74, 6) is -13.1. The highest BCUT2D eigenvalue weighted by atomic mass is 35.5. The Hall–Kier alpha value is -6.34. The predicted molar refractivity (Wildman–Crippen MR) is 274 cm³/mol. The van der Waals surface area contributed by atoms with Crippen LogP contribution in [0.2, 0.25) is 10.0 Å². The van der Waals surface area contributed by atoms with Crippen molar-refractivity contribution in [3.63, 3.8) is 0 Å². The van der Waals surface area contributed by atoms with Crippen LogP contribution in [0.3, 0.4) is 0 Å². The fourth-order valence-corrected chi connectivity index (χ4v) is 8.96. The Bertz CT molecular complexity index is 2620.